The highest BCUT2D eigenvalue weighted by atomic mass is 32.1. The number of para-hydroxylation sites is 2. The quantitative estimate of drug-likeness (QED) is 0.377. The molecule has 0 unspecified atom stereocenters. The molecule has 1 atom stereocenters. The van der Waals surface area contributed by atoms with Crippen LogP contribution in [-0.4, -0.2) is 28.8 Å². The number of fused-ring (bicyclic) bond motifs is 2. The number of hydrogen-bond acceptors (Lipinski definition) is 6. The zero-order chi connectivity index (χ0) is 25.4. The Morgan fingerprint density at radius 1 is 1.14 bits per heavy atom. The van der Waals surface area contributed by atoms with E-state index in [1.807, 2.05) is 42.5 Å². The van der Waals surface area contributed by atoms with Crippen LogP contribution in [0.15, 0.2) is 75.8 Å². The number of thiazole rings is 1. The maximum atomic E-state index is 13.9. The van der Waals surface area contributed by atoms with Crippen molar-refractivity contribution >= 4 is 34.3 Å². The van der Waals surface area contributed by atoms with E-state index < -0.39 is 12.0 Å². The second-order valence-corrected chi connectivity index (χ2v) is 9.44. The van der Waals surface area contributed by atoms with Crippen molar-refractivity contribution in [2.45, 2.75) is 33.4 Å². The Morgan fingerprint density at radius 3 is 2.64 bits per heavy atom. The van der Waals surface area contributed by atoms with Crippen molar-refractivity contribution in [3.8, 4) is 5.75 Å². The molecule has 0 radical (unpaired) electrons. The first kappa shape index (κ1) is 23.8. The minimum absolute atomic E-state index is 0.211. The molecule has 0 spiro atoms. The molecule has 3 heterocycles. The Bertz CT molecular complexity index is 1690. The van der Waals surface area contributed by atoms with E-state index in [0.29, 0.717) is 31.9 Å². The molecule has 4 aromatic rings. The van der Waals surface area contributed by atoms with E-state index in [-0.39, 0.29) is 12.2 Å². The third kappa shape index (κ3) is 3.87. The van der Waals surface area contributed by atoms with E-state index in [0.717, 1.165) is 23.0 Å². The number of benzene rings is 2. The highest BCUT2D eigenvalue weighted by Gasteiger charge is 2.34. The Balaban J connectivity index is 1.77. The molecular formula is C28H27N3O4S. The van der Waals surface area contributed by atoms with Crippen LogP contribution in [0.25, 0.3) is 17.0 Å². The highest BCUT2D eigenvalue weighted by molar-refractivity contribution is 7.07. The molecule has 5 rings (SSSR count). The van der Waals surface area contributed by atoms with E-state index in [1.165, 1.54) is 11.3 Å². The van der Waals surface area contributed by atoms with Crippen molar-refractivity contribution in [2.75, 3.05) is 13.7 Å². The molecule has 1 aliphatic rings. The molecule has 2 aromatic carbocycles. The van der Waals surface area contributed by atoms with Gasteiger partial charge in [-0.15, -0.1) is 0 Å². The lowest BCUT2D eigenvalue weighted by Crippen LogP contribution is -2.40. The molecule has 0 amide bonds. The fourth-order valence-electron chi connectivity index (χ4n) is 4.77. The first-order valence-electron chi connectivity index (χ1n) is 11.9. The van der Waals surface area contributed by atoms with Gasteiger partial charge >= 0.3 is 5.97 Å². The Morgan fingerprint density at radius 2 is 1.89 bits per heavy atom. The largest absolute Gasteiger partial charge is 0.496 e. The molecule has 1 aliphatic heterocycles. The number of aryl methyl sites for hydroxylation is 1. The molecule has 2 aromatic heterocycles. The lowest BCUT2D eigenvalue weighted by Gasteiger charge is -2.25. The molecule has 184 valence electrons. The van der Waals surface area contributed by atoms with Gasteiger partial charge < -0.3 is 14.0 Å². The second kappa shape index (κ2) is 9.62. The molecule has 36 heavy (non-hydrogen) atoms. The number of nitrogens with zero attached hydrogens (tertiary/aromatic N) is 3. The Kier molecular flexibility index (Phi) is 6.36. The van der Waals surface area contributed by atoms with Crippen molar-refractivity contribution in [1.82, 2.24) is 9.13 Å². The van der Waals surface area contributed by atoms with Gasteiger partial charge in [0.2, 0.25) is 0 Å². The number of aromatic nitrogens is 2. The van der Waals surface area contributed by atoms with Gasteiger partial charge in [-0.2, -0.15) is 0 Å². The summed E-state index contributed by atoms with van der Waals surface area (Å²) in [4.78, 5) is 32.2. The van der Waals surface area contributed by atoms with Gasteiger partial charge in [-0.25, -0.2) is 9.79 Å². The van der Waals surface area contributed by atoms with Crippen LogP contribution < -0.4 is 19.6 Å². The van der Waals surface area contributed by atoms with Crippen LogP contribution in [0.1, 0.15) is 37.9 Å². The van der Waals surface area contributed by atoms with Gasteiger partial charge in [-0.1, -0.05) is 47.7 Å². The number of methoxy groups -OCH3 is 1. The van der Waals surface area contributed by atoms with Crippen molar-refractivity contribution in [3.63, 3.8) is 0 Å². The van der Waals surface area contributed by atoms with Gasteiger partial charge in [0.15, 0.2) is 4.80 Å². The maximum absolute atomic E-state index is 13.9. The summed E-state index contributed by atoms with van der Waals surface area (Å²) >= 11 is 1.32. The third-order valence-electron chi connectivity index (χ3n) is 6.40. The standard InChI is InChI=1S/C28H27N3O4S/c1-5-30-16-18(19-11-7-9-13-21(19)30)15-23-26(32)31-25(20-12-8-10-14-22(20)34-4)24(27(33)35-6-2)17(3)29-28(31)36-23/h7-16,25H,5-6H2,1-4H3/b23-15-/t25-/m0/s1. The third-order valence-corrected chi connectivity index (χ3v) is 7.38. The van der Waals surface area contributed by atoms with Crippen LogP contribution in [0.2, 0.25) is 0 Å². The maximum Gasteiger partial charge on any atom is 0.338 e. The minimum Gasteiger partial charge on any atom is -0.496 e. The molecule has 7 nitrogen and oxygen atoms in total. The summed E-state index contributed by atoms with van der Waals surface area (Å²) in [5.74, 6) is 0.0922. The zero-order valence-corrected chi connectivity index (χ0v) is 21.5. The van der Waals surface area contributed by atoms with Crippen LogP contribution in [0.5, 0.6) is 5.75 Å². The summed E-state index contributed by atoms with van der Waals surface area (Å²) in [6, 6.07) is 14.9. The smallest absolute Gasteiger partial charge is 0.338 e. The lowest BCUT2D eigenvalue weighted by molar-refractivity contribution is -0.139. The molecular weight excluding hydrogens is 474 g/mol. The lowest BCUT2D eigenvalue weighted by atomic mass is 9.95. The monoisotopic (exact) mass is 501 g/mol. The molecule has 0 saturated heterocycles. The first-order valence-corrected chi connectivity index (χ1v) is 12.7. The molecule has 8 heteroatoms. The van der Waals surface area contributed by atoms with E-state index in [4.69, 9.17) is 9.47 Å². The highest BCUT2D eigenvalue weighted by Crippen LogP contribution is 2.35. The first-order chi connectivity index (χ1) is 17.5. The average molecular weight is 502 g/mol. The Hall–Kier alpha value is -3.91. The van der Waals surface area contributed by atoms with Gasteiger partial charge in [0.1, 0.15) is 11.8 Å². The van der Waals surface area contributed by atoms with Crippen molar-refractivity contribution < 1.29 is 14.3 Å². The van der Waals surface area contributed by atoms with E-state index >= 15 is 0 Å². The summed E-state index contributed by atoms with van der Waals surface area (Å²) < 4.78 is 15.3. The molecule has 0 fully saturated rings. The summed E-state index contributed by atoms with van der Waals surface area (Å²) in [5, 5.41) is 1.08. The van der Waals surface area contributed by atoms with Gasteiger partial charge in [0, 0.05) is 34.8 Å². The number of rotatable bonds is 6. The molecule has 0 N–H and O–H groups in total. The van der Waals surface area contributed by atoms with Crippen LogP contribution in [-0.2, 0) is 16.1 Å². The van der Waals surface area contributed by atoms with Crippen LogP contribution >= 0.6 is 11.3 Å². The number of carbonyl (C=O) groups is 1. The SMILES string of the molecule is CCOC(=O)C1=C(C)N=c2s/c(=C\c3cn(CC)c4ccccc34)c(=O)n2[C@H]1c1ccccc1OC. The van der Waals surface area contributed by atoms with Gasteiger partial charge in [0.25, 0.3) is 5.56 Å². The Labute approximate surface area is 212 Å². The predicted octanol–water partition coefficient (Wildman–Crippen LogP) is 3.78. The minimum atomic E-state index is -0.712. The van der Waals surface area contributed by atoms with E-state index in [1.54, 1.807) is 25.5 Å². The second-order valence-electron chi connectivity index (χ2n) is 8.43. The van der Waals surface area contributed by atoms with E-state index in [2.05, 4.69) is 34.8 Å². The van der Waals surface area contributed by atoms with Crippen LogP contribution in [0.3, 0.4) is 0 Å². The zero-order valence-electron chi connectivity index (χ0n) is 20.6. The van der Waals surface area contributed by atoms with E-state index in [9.17, 15) is 9.59 Å². The normalized spacial score (nSPS) is 15.7. The molecule has 0 saturated carbocycles. The van der Waals surface area contributed by atoms with Crippen molar-refractivity contribution in [1.29, 1.82) is 0 Å². The summed E-state index contributed by atoms with van der Waals surface area (Å²) in [6.07, 6.45) is 3.98. The number of esters is 1. The van der Waals surface area contributed by atoms with Crippen LogP contribution in [0, 0.1) is 0 Å². The fraction of sp³-hybridized carbons (Fsp3) is 0.250. The number of carbonyl (C=O) groups excluding carboxylic acids is 1. The predicted molar refractivity (Wildman–Crippen MR) is 141 cm³/mol. The van der Waals surface area contributed by atoms with Gasteiger partial charge in [-0.3, -0.25) is 9.36 Å². The van der Waals surface area contributed by atoms with Crippen molar-refractivity contribution in [2.24, 2.45) is 4.99 Å². The fourth-order valence-corrected chi connectivity index (χ4v) is 5.81. The molecule has 0 aliphatic carbocycles. The number of hydrogen-bond donors (Lipinski definition) is 0. The number of allylic oxidation sites excluding steroid dienone is 1. The number of ether oxygens (including phenoxy) is 2. The topological polar surface area (TPSA) is 74.8 Å². The summed E-state index contributed by atoms with van der Waals surface area (Å²) in [5.41, 5.74) is 3.44. The van der Waals surface area contributed by atoms with Crippen LogP contribution in [0.4, 0.5) is 0 Å². The van der Waals surface area contributed by atoms with Crippen molar-refractivity contribution in [3.05, 3.63) is 96.8 Å². The molecule has 0 bridgehead atoms. The average Bonchev–Trinajstić information content (AvgIpc) is 3.40. The summed E-state index contributed by atoms with van der Waals surface area (Å²) in [6.45, 7) is 6.68. The van der Waals surface area contributed by atoms with Gasteiger partial charge in [-0.05, 0) is 39.0 Å². The summed E-state index contributed by atoms with van der Waals surface area (Å²) in [7, 11) is 1.58. The van der Waals surface area contributed by atoms with Gasteiger partial charge in [0.05, 0.1) is 29.5 Å².